The predicted molar refractivity (Wildman–Crippen MR) is 58.9 cm³/mol. The van der Waals surface area contributed by atoms with Gasteiger partial charge in [0, 0.05) is 6.08 Å². The number of carboxylic acid groups (broad SMARTS) is 1. The van der Waals surface area contributed by atoms with Crippen molar-refractivity contribution < 1.29 is 14.6 Å². The van der Waals surface area contributed by atoms with Gasteiger partial charge < -0.3 is 9.84 Å². The molecule has 0 amide bonds. The summed E-state index contributed by atoms with van der Waals surface area (Å²) in [5, 5.41) is 8.43. The molecule has 3 heteroatoms. The van der Waals surface area contributed by atoms with Crippen LogP contribution in [0, 0.1) is 0 Å². The smallest absolute Gasteiger partial charge is 0.328 e. The lowest BCUT2D eigenvalue weighted by molar-refractivity contribution is -0.131. The molecule has 0 aliphatic carbocycles. The fourth-order valence-corrected chi connectivity index (χ4v) is 1.06. The minimum absolute atomic E-state index is 0.699. The first kappa shape index (κ1) is 11.3. The summed E-state index contributed by atoms with van der Waals surface area (Å²) in [7, 11) is 0. The van der Waals surface area contributed by atoms with Crippen LogP contribution in [0.2, 0.25) is 0 Å². The van der Waals surface area contributed by atoms with Gasteiger partial charge in [0.2, 0.25) is 0 Å². The third kappa shape index (κ3) is 4.31. The molecule has 0 radical (unpaired) electrons. The summed E-state index contributed by atoms with van der Waals surface area (Å²) in [6.07, 6.45) is 3.63. The van der Waals surface area contributed by atoms with Crippen molar-refractivity contribution in [2.45, 2.75) is 13.3 Å². The number of benzene rings is 1. The summed E-state index contributed by atoms with van der Waals surface area (Å²) in [6.45, 7) is 2.74. The standard InChI is InChI=1S/C12H14O3/c1-2-9-15-11-6-3-10(4-7-11)5-8-12(13)14/h3-8H,2,9H2,1H3,(H,13,14). The molecule has 1 aromatic rings. The lowest BCUT2D eigenvalue weighted by Crippen LogP contribution is -1.94. The van der Waals surface area contributed by atoms with Gasteiger partial charge in [0.1, 0.15) is 5.75 Å². The lowest BCUT2D eigenvalue weighted by atomic mass is 10.2. The molecule has 1 rings (SSSR count). The number of aliphatic carboxylic acids is 1. The largest absolute Gasteiger partial charge is 0.494 e. The third-order valence-electron chi connectivity index (χ3n) is 1.77. The van der Waals surface area contributed by atoms with E-state index in [1.54, 1.807) is 6.08 Å². The van der Waals surface area contributed by atoms with Crippen LogP contribution >= 0.6 is 0 Å². The first-order chi connectivity index (χ1) is 7.22. The van der Waals surface area contributed by atoms with E-state index in [-0.39, 0.29) is 0 Å². The van der Waals surface area contributed by atoms with Crippen molar-refractivity contribution in [1.29, 1.82) is 0 Å². The molecule has 0 saturated heterocycles. The summed E-state index contributed by atoms with van der Waals surface area (Å²) in [6, 6.07) is 7.31. The highest BCUT2D eigenvalue weighted by molar-refractivity contribution is 5.85. The Morgan fingerprint density at radius 1 is 1.40 bits per heavy atom. The average molecular weight is 206 g/mol. The molecule has 0 atom stereocenters. The van der Waals surface area contributed by atoms with Crippen LogP contribution in [0.1, 0.15) is 18.9 Å². The fourth-order valence-electron chi connectivity index (χ4n) is 1.06. The molecule has 15 heavy (non-hydrogen) atoms. The maximum atomic E-state index is 10.3. The topological polar surface area (TPSA) is 46.5 Å². The maximum Gasteiger partial charge on any atom is 0.328 e. The number of hydrogen-bond donors (Lipinski definition) is 1. The Morgan fingerprint density at radius 3 is 2.60 bits per heavy atom. The van der Waals surface area contributed by atoms with Crippen LogP contribution in [0.4, 0.5) is 0 Å². The minimum Gasteiger partial charge on any atom is -0.494 e. The Kier molecular flexibility index (Phi) is 4.41. The molecule has 1 N–H and O–H groups in total. The molecule has 1 aromatic carbocycles. The first-order valence-corrected chi connectivity index (χ1v) is 4.86. The van der Waals surface area contributed by atoms with Crippen molar-refractivity contribution in [2.24, 2.45) is 0 Å². The predicted octanol–water partition coefficient (Wildman–Crippen LogP) is 2.57. The van der Waals surface area contributed by atoms with Gasteiger partial charge >= 0.3 is 5.97 Å². The summed E-state index contributed by atoms with van der Waals surface area (Å²) in [4.78, 5) is 10.3. The molecular formula is C12H14O3. The molecule has 0 aromatic heterocycles. The molecule has 0 aliphatic heterocycles. The van der Waals surface area contributed by atoms with Gasteiger partial charge in [-0.1, -0.05) is 19.1 Å². The average Bonchev–Trinajstić information content (AvgIpc) is 2.25. The number of carbonyl (C=O) groups is 1. The second-order valence-corrected chi connectivity index (χ2v) is 3.09. The van der Waals surface area contributed by atoms with E-state index in [9.17, 15) is 4.79 Å². The first-order valence-electron chi connectivity index (χ1n) is 4.86. The zero-order chi connectivity index (χ0) is 11.1. The molecule has 0 bridgehead atoms. The van der Waals surface area contributed by atoms with Gasteiger partial charge in [0.25, 0.3) is 0 Å². The highest BCUT2D eigenvalue weighted by atomic mass is 16.5. The normalized spacial score (nSPS) is 10.5. The van der Waals surface area contributed by atoms with Crippen molar-refractivity contribution in [3.05, 3.63) is 35.9 Å². The third-order valence-corrected chi connectivity index (χ3v) is 1.77. The summed E-state index contributed by atoms with van der Waals surface area (Å²) < 4.78 is 5.40. The summed E-state index contributed by atoms with van der Waals surface area (Å²) in [5.74, 6) is -0.134. The van der Waals surface area contributed by atoms with Crippen molar-refractivity contribution in [2.75, 3.05) is 6.61 Å². The summed E-state index contributed by atoms with van der Waals surface area (Å²) >= 11 is 0. The van der Waals surface area contributed by atoms with Crippen molar-refractivity contribution in [3.63, 3.8) is 0 Å². The maximum absolute atomic E-state index is 10.3. The Bertz CT molecular complexity index is 338. The second kappa shape index (κ2) is 5.86. The minimum atomic E-state index is -0.943. The highest BCUT2D eigenvalue weighted by Gasteiger charge is 1.93. The molecule has 0 unspecified atom stereocenters. The van der Waals surface area contributed by atoms with Crippen LogP contribution in [0.15, 0.2) is 30.3 Å². The molecule has 0 fully saturated rings. The fraction of sp³-hybridized carbons (Fsp3) is 0.250. The Morgan fingerprint density at radius 2 is 2.07 bits per heavy atom. The number of rotatable bonds is 5. The zero-order valence-electron chi connectivity index (χ0n) is 8.64. The summed E-state index contributed by atoms with van der Waals surface area (Å²) in [5.41, 5.74) is 0.848. The molecule has 0 saturated carbocycles. The Balaban J connectivity index is 2.60. The van der Waals surface area contributed by atoms with Crippen LogP contribution in [0.5, 0.6) is 5.75 Å². The van der Waals surface area contributed by atoms with Gasteiger partial charge in [-0.2, -0.15) is 0 Å². The van der Waals surface area contributed by atoms with Crippen LogP contribution in [-0.2, 0) is 4.79 Å². The van der Waals surface area contributed by atoms with Crippen molar-refractivity contribution >= 4 is 12.0 Å². The molecule has 80 valence electrons. The van der Waals surface area contributed by atoms with Crippen LogP contribution < -0.4 is 4.74 Å². The van der Waals surface area contributed by atoms with E-state index in [4.69, 9.17) is 9.84 Å². The molecule has 3 nitrogen and oxygen atoms in total. The van der Waals surface area contributed by atoms with Gasteiger partial charge in [-0.25, -0.2) is 4.79 Å². The van der Waals surface area contributed by atoms with E-state index < -0.39 is 5.97 Å². The van der Waals surface area contributed by atoms with E-state index in [1.807, 2.05) is 31.2 Å². The number of ether oxygens (including phenoxy) is 1. The number of hydrogen-bond acceptors (Lipinski definition) is 2. The van der Waals surface area contributed by atoms with Crippen LogP contribution in [0.3, 0.4) is 0 Å². The lowest BCUT2D eigenvalue weighted by Gasteiger charge is -2.03. The van der Waals surface area contributed by atoms with Crippen LogP contribution in [0.25, 0.3) is 6.08 Å². The SMILES string of the molecule is CCCOc1ccc(C=CC(=O)O)cc1. The second-order valence-electron chi connectivity index (χ2n) is 3.09. The highest BCUT2D eigenvalue weighted by Crippen LogP contribution is 2.13. The quantitative estimate of drug-likeness (QED) is 0.753. The number of carboxylic acids is 1. The van der Waals surface area contributed by atoms with Gasteiger partial charge in [0.15, 0.2) is 0 Å². The van der Waals surface area contributed by atoms with Crippen molar-refractivity contribution in [1.82, 2.24) is 0 Å². The van der Waals surface area contributed by atoms with E-state index in [0.717, 1.165) is 23.8 Å². The Labute approximate surface area is 89.0 Å². The van der Waals surface area contributed by atoms with E-state index in [2.05, 4.69) is 0 Å². The van der Waals surface area contributed by atoms with Gasteiger partial charge in [-0.3, -0.25) is 0 Å². The van der Waals surface area contributed by atoms with E-state index in [1.165, 1.54) is 0 Å². The monoisotopic (exact) mass is 206 g/mol. The van der Waals surface area contributed by atoms with E-state index >= 15 is 0 Å². The van der Waals surface area contributed by atoms with Crippen LogP contribution in [-0.4, -0.2) is 17.7 Å². The van der Waals surface area contributed by atoms with Crippen molar-refractivity contribution in [3.8, 4) is 5.75 Å². The molecule has 0 spiro atoms. The molecular weight excluding hydrogens is 192 g/mol. The van der Waals surface area contributed by atoms with E-state index in [0.29, 0.717) is 6.61 Å². The van der Waals surface area contributed by atoms with Gasteiger partial charge in [-0.15, -0.1) is 0 Å². The molecule has 0 heterocycles. The van der Waals surface area contributed by atoms with Gasteiger partial charge in [0.05, 0.1) is 6.61 Å². The van der Waals surface area contributed by atoms with Gasteiger partial charge in [-0.05, 0) is 30.2 Å². The Hall–Kier alpha value is -1.77. The molecule has 0 aliphatic rings. The zero-order valence-corrected chi connectivity index (χ0v) is 8.64.